The minimum absolute atomic E-state index is 0.0383. The second kappa shape index (κ2) is 17.3. The fraction of sp³-hybridized carbons (Fsp3) is 0.419. The van der Waals surface area contributed by atoms with Gasteiger partial charge in [-0.15, -0.1) is 0 Å². The highest BCUT2D eigenvalue weighted by Crippen LogP contribution is 2.09. The first kappa shape index (κ1) is 34.5. The zero-order chi connectivity index (χ0) is 31.9. The van der Waals surface area contributed by atoms with Crippen molar-refractivity contribution in [2.24, 2.45) is 11.7 Å². The number of rotatable bonds is 16. The fourth-order valence-electron chi connectivity index (χ4n) is 4.08. The molecular formula is C31H41N5O7. The zero-order valence-electron chi connectivity index (χ0n) is 24.9. The lowest BCUT2D eigenvalue weighted by atomic mass is 10.00. The van der Waals surface area contributed by atoms with Crippen LogP contribution in [0.15, 0.2) is 60.7 Å². The summed E-state index contributed by atoms with van der Waals surface area (Å²) in [6, 6.07) is 14.2. The first-order chi connectivity index (χ1) is 20.4. The molecule has 12 heteroatoms. The van der Waals surface area contributed by atoms with Crippen LogP contribution in [0.5, 0.6) is 0 Å². The molecule has 43 heavy (non-hydrogen) atoms. The van der Waals surface area contributed by atoms with E-state index >= 15 is 0 Å². The monoisotopic (exact) mass is 595 g/mol. The van der Waals surface area contributed by atoms with Gasteiger partial charge in [0.15, 0.2) is 0 Å². The molecule has 0 bridgehead atoms. The van der Waals surface area contributed by atoms with Gasteiger partial charge in [0.2, 0.25) is 23.5 Å². The molecule has 2 rings (SSSR count). The fourth-order valence-corrected chi connectivity index (χ4v) is 4.08. The highest BCUT2D eigenvalue weighted by atomic mass is 16.6. The Kier molecular flexibility index (Phi) is 13.8. The number of hydrogen-bond donors (Lipinski definition) is 5. The van der Waals surface area contributed by atoms with Crippen molar-refractivity contribution in [1.82, 2.24) is 21.3 Å². The summed E-state index contributed by atoms with van der Waals surface area (Å²) < 4.78 is 5.10. The highest BCUT2D eigenvalue weighted by Gasteiger charge is 2.33. The average molecular weight is 596 g/mol. The van der Waals surface area contributed by atoms with Crippen LogP contribution in [0.2, 0.25) is 0 Å². The molecule has 232 valence electrons. The van der Waals surface area contributed by atoms with Crippen molar-refractivity contribution in [3.8, 4) is 0 Å². The Hall–Kier alpha value is -4.74. The third kappa shape index (κ3) is 12.3. The highest BCUT2D eigenvalue weighted by molar-refractivity contribution is 6.38. The van der Waals surface area contributed by atoms with Gasteiger partial charge in [-0.05, 0) is 37.3 Å². The van der Waals surface area contributed by atoms with Crippen molar-refractivity contribution < 1.29 is 33.5 Å². The van der Waals surface area contributed by atoms with Gasteiger partial charge in [0.1, 0.15) is 12.1 Å². The van der Waals surface area contributed by atoms with Crippen LogP contribution >= 0.6 is 0 Å². The number of nitrogens with two attached hydrogens (primary N) is 1. The quantitative estimate of drug-likeness (QED) is 0.182. The van der Waals surface area contributed by atoms with Gasteiger partial charge in [-0.3, -0.25) is 24.0 Å². The van der Waals surface area contributed by atoms with E-state index in [0.29, 0.717) is 5.56 Å². The second-order valence-electron chi connectivity index (χ2n) is 10.7. The van der Waals surface area contributed by atoms with Gasteiger partial charge >= 0.3 is 6.09 Å². The molecule has 0 fully saturated rings. The standard InChI is InChI=1S/C31H41N5O7/c1-19(2)26(36-31(42)43-20(3)4)29(40)35-24(17-21-11-7-5-8-12-21)28(39)34-23(15-16-25(32)37)27(38)30(41)33-18-22-13-9-6-10-14-22/h5-14,19-20,23-24,26H,15-18H2,1-4H3,(H2,32,37)(H,33,41)(H,34,39)(H,35,40)(H,36,42)/t23-,24-,26-/m0/s1. The van der Waals surface area contributed by atoms with E-state index in [1.807, 2.05) is 6.07 Å². The lowest BCUT2D eigenvalue weighted by Crippen LogP contribution is -2.58. The molecule has 2 aromatic carbocycles. The number of primary amides is 1. The van der Waals surface area contributed by atoms with Gasteiger partial charge in [-0.1, -0.05) is 74.5 Å². The molecule has 0 aliphatic carbocycles. The van der Waals surface area contributed by atoms with Gasteiger partial charge in [0, 0.05) is 19.4 Å². The molecule has 0 spiro atoms. The van der Waals surface area contributed by atoms with E-state index in [1.165, 1.54) is 0 Å². The molecule has 0 unspecified atom stereocenters. The van der Waals surface area contributed by atoms with Crippen molar-refractivity contribution >= 4 is 35.5 Å². The van der Waals surface area contributed by atoms with Crippen LogP contribution in [0.3, 0.4) is 0 Å². The molecule has 0 heterocycles. The number of benzene rings is 2. The number of Topliss-reactive ketones (excluding diaryl/α,β-unsaturated/α-hetero) is 1. The molecule has 6 N–H and O–H groups in total. The van der Waals surface area contributed by atoms with E-state index < -0.39 is 59.7 Å². The maximum atomic E-state index is 13.6. The molecule has 0 aliphatic rings. The third-order valence-corrected chi connectivity index (χ3v) is 6.31. The molecule has 5 amide bonds. The number of carbonyl (C=O) groups is 6. The molecule has 2 aromatic rings. The van der Waals surface area contributed by atoms with E-state index in [2.05, 4.69) is 21.3 Å². The van der Waals surface area contributed by atoms with Crippen molar-refractivity contribution in [2.45, 2.75) is 77.7 Å². The van der Waals surface area contributed by atoms with E-state index in [4.69, 9.17) is 10.5 Å². The smallest absolute Gasteiger partial charge is 0.408 e. The summed E-state index contributed by atoms with van der Waals surface area (Å²) in [5, 5.41) is 10.2. The third-order valence-electron chi connectivity index (χ3n) is 6.31. The normalized spacial score (nSPS) is 12.9. The lowest BCUT2D eigenvalue weighted by Gasteiger charge is -2.26. The molecule has 12 nitrogen and oxygen atoms in total. The van der Waals surface area contributed by atoms with Crippen molar-refractivity contribution in [3.05, 3.63) is 71.8 Å². The lowest BCUT2D eigenvalue weighted by molar-refractivity contribution is -0.141. The molecule has 0 saturated heterocycles. The Bertz CT molecular complexity index is 1250. The second-order valence-corrected chi connectivity index (χ2v) is 10.7. The van der Waals surface area contributed by atoms with Crippen LogP contribution in [0.4, 0.5) is 4.79 Å². The zero-order valence-corrected chi connectivity index (χ0v) is 24.9. The van der Waals surface area contributed by atoms with Crippen LogP contribution in [0.1, 0.15) is 51.7 Å². The van der Waals surface area contributed by atoms with Crippen LogP contribution < -0.4 is 27.0 Å². The Morgan fingerprint density at radius 1 is 0.744 bits per heavy atom. The number of hydrogen-bond acceptors (Lipinski definition) is 7. The predicted molar refractivity (Wildman–Crippen MR) is 159 cm³/mol. The number of carbonyl (C=O) groups excluding carboxylic acids is 6. The van der Waals surface area contributed by atoms with Crippen LogP contribution in [-0.4, -0.2) is 59.7 Å². The maximum absolute atomic E-state index is 13.6. The number of ether oxygens (including phenoxy) is 1. The Morgan fingerprint density at radius 2 is 1.30 bits per heavy atom. The Balaban J connectivity index is 2.25. The number of ketones is 1. The first-order valence-electron chi connectivity index (χ1n) is 14.1. The largest absolute Gasteiger partial charge is 0.447 e. The van der Waals surface area contributed by atoms with Gasteiger partial charge in [-0.2, -0.15) is 0 Å². The van der Waals surface area contributed by atoms with Gasteiger partial charge in [0.05, 0.1) is 12.1 Å². The Morgan fingerprint density at radius 3 is 1.84 bits per heavy atom. The number of alkyl carbamates (subject to hydrolysis) is 1. The SMILES string of the molecule is CC(C)OC(=O)N[C@H](C(=O)N[C@@H](Cc1ccccc1)C(=O)N[C@@H](CCC(N)=O)C(=O)C(=O)NCc1ccccc1)C(C)C. The Labute approximate surface area is 251 Å². The number of nitrogens with one attached hydrogen (secondary N) is 4. The summed E-state index contributed by atoms with van der Waals surface area (Å²) in [7, 11) is 0. The molecule has 0 aliphatic heterocycles. The minimum atomic E-state index is -1.38. The summed E-state index contributed by atoms with van der Waals surface area (Å²) in [4.78, 5) is 76.4. The van der Waals surface area contributed by atoms with Gasteiger partial charge in [-0.25, -0.2) is 4.79 Å². The van der Waals surface area contributed by atoms with Crippen LogP contribution in [-0.2, 0) is 41.7 Å². The number of amides is 5. The maximum Gasteiger partial charge on any atom is 0.408 e. The molecule has 0 saturated carbocycles. The van der Waals surface area contributed by atoms with E-state index in [0.717, 1.165) is 5.56 Å². The average Bonchev–Trinajstić information content (AvgIpc) is 2.96. The topological polar surface area (TPSA) is 186 Å². The minimum Gasteiger partial charge on any atom is -0.447 e. The van der Waals surface area contributed by atoms with E-state index in [9.17, 15) is 28.8 Å². The van der Waals surface area contributed by atoms with E-state index in [1.54, 1.807) is 82.3 Å². The molecule has 0 aromatic heterocycles. The van der Waals surface area contributed by atoms with Crippen molar-refractivity contribution in [3.63, 3.8) is 0 Å². The van der Waals surface area contributed by atoms with Crippen LogP contribution in [0.25, 0.3) is 0 Å². The first-order valence-corrected chi connectivity index (χ1v) is 14.1. The summed E-state index contributed by atoms with van der Waals surface area (Å²) in [6.07, 6.45) is -1.65. The molecule has 3 atom stereocenters. The summed E-state index contributed by atoms with van der Waals surface area (Å²) in [6.45, 7) is 6.86. The summed E-state index contributed by atoms with van der Waals surface area (Å²) in [5.41, 5.74) is 6.74. The van der Waals surface area contributed by atoms with Gasteiger partial charge < -0.3 is 31.7 Å². The molecular weight excluding hydrogens is 554 g/mol. The van der Waals surface area contributed by atoms with Crippen molar-refractivity contribution in [1.29, 1.82) is 0 Å². The van der Waals surface area contributed by atoms with Gasteiger partial charge in [0.25, 0.3) is 5.91 Å². The van der Waals surface area contributed by atoms with E-state index in [-0.39, 0.29) is 31.7 Å². The van der Waals surface area contributed by atoms with Crippen molar-refractivity contribution in [2.75, 3.05) is 0 Å². The predicted octanol–water partition coefficient (Wildman–Crippen LogP) is 1.51. The van der Waals surface area contributed by atoms with Crippen LogP contribution in [0, 0.1) is 5.92 Å². The summed E-state index contributed by atoms with van der Waals surface area (Å²) in [5.74, 6) is -4.40. The molecule has 0 radical (unpaired) electrons. The summed E-state index contributed by atoms with van der Waals surface area (Å²) >= 11 is 0.